The molecule has 0 saturated heterocycles. The Balaban J connectivity index is 1.96. The first kappa shape index (κ1) is 14.6. The van der Waals surface area contributed by atoms with E-state index in [1.165, 1.54) is 4.90 Å². The Bertz CT molecular complexity index is 627. The average Bonchev–Trinajstić information content (AvgIpc) is 2.87. The van der Waals surface area contributed by atoms with Gasteiger partial charge < -0.3 is 15.0 Å². The highest BCUT2D eigenvalue weighted by molar-refractivity contribution is 6.01. The molecule has 0 saturated carbocycles. The SMILES string of the molecule is COCCN1CC2=C(C1=O)C(c1ccccc1)NC(=O)N2C. The van der Waals surface area contributed by atoms with Crippen LogP contribution in [0, 0.1) is 0 Å². The highest BCUT2D eigenvalue weighted by atomic mass is 16.5. The fraction of sp³-hybridized carbons (Fsp3) is 0.375. The number of methoxy groups -OCH3 is 1. The maximum atomic E-state index is 12.7. The van der Waals surface area contributed by atoms with E-state index < -0.39 is 0 Å². The van der Waals surface area contributed by atoms with Gasteiger partial charge in [-0.1, -0.05) is 30.3 Å². The van der Waals surface area contributed by atoms with Crippen LogP contribution in [0.2, 0.25) is 0 Å². The first-order valence-corrected chi connectivity index (χ1v) is 7.24. The van der Waals surface area contributed by atoms with Crippen LogP contribution >= 0.6 is 0 Å². The molecule has 0 spiro atoms. The molecule has 0 aliphatic carbocycles. The van der Waals surface area contributed by atoms with Crippen LogP contribution in [0.1, 0.15) is 11.6 Å². The lowest BCUT2D eigenvalue weighted by Gasteiger charge is -2.31. The van der Waals surface area contributed by atoms with E-state index in [4.69, 9.17) is 4.74 Å². The number of nitrogens with one attached hydrogen (secondary N) is 1. The molecule has 6 heteroatoms. The molecule has 3 amide bonds. The van der Waals surface area contributed by atoms with E-state index in [0.717, 1.165) is 11.3 Å². The van der Waals surface area contributed by atoms with E-state index in [0.29, 0.717) is 25.3 Å². The number of ether oxygens (including phenoxy) is 1. The minimum absolute atomic E-state index is 0.0345. The van der Waals surface area contributed by atoms with E-state index in [-0.39, 0.29) is 18.0 Å². The first-order chi connectivity index (χ1) is 10.6. The summed E-state index contributed by atoms with van der Waals surface area (Å²) in [6.07, 6.45) is 0. The number of amides is 3. The second kappa shape index (κ2) is 5.81. The summed E-state index contributed by atoms with van der Waals surface area (Å²) in [5, 5.41) is 2.91. The van der Waals surface area contributed by atoms with E-state index in [2.05, 4.69) is 5.32 Å². The predicted molar refractivity (Wildman–Crippen MR) is 81.0 cm³/mol. The van der Waals surface area contributed by atoms with Crippen LogP contribution in [0.4, 0.5) is 4.79 Å². The lowest BCUT2D eigenvalue weighted by molar-refractivity contribution is -0.126. The summed E-state index contributed by atoms with van der Waals surface area (Å²) in [4.78, 5) is 28.1. The van der Waals surface area contributed by atoms with Crippen molar-refractivity contribution in [1.82, 2.24) is 15.1 Å². The molecule has 2 heterocycles. The molecular formula is C16H19N3O3. The molecular weight excluding hydrogens is 282 g/mol. The standard InChI is InChI=1S/C16H19N3O3/c1-18-12-10-19(8-9-22-2)15(20)13(12)14(17-16(18)21)11-6-4-3-5-7-11/h3-7,14H,8-10H2,1-2H3,(H,17,21). The van der Waals surface area contributed by atoms with Crippen molar-refractivity contribution in [2.45, 2.75) is 6.04 Å². The third-order valence-corrected chi connectivity index (χ3v) is 4.13. The lowest BCUT2D eigenvalue weighted by atomic mass is 9.96. The molecule has 0 fully saturated rings. The van der Waals surface area contributed by atoms with Gasteiger partial charge in [-0.05, 0) is 5.56 Å². The lowest BCUT2D eigenvalue weighted by Crippen LogP contribution is -2.45. The van der Waals surface area contributed by atoms with Crippen molar-refractivity contribution >= 4 is 11.9 Å². The normalized spacial score (nSPS) is 21.3. The Morgan fingerprint density at radius 2 is 2.00 bits per heavy atom. The van der Waals surface area contributed by atoms with Crippen LogP contribution in [-0.4, -0.2) is 55.6 Å². The quantitative estimate of drug-likeness (QED) is 0.906. The van der Waals surface area contributed by atoms with Crippen LogP contribution in [0.25, 0.3) is 0 Å². The molecule has 1 unspecified atom stereocenters. The highest BCUT2D eigenvalue weighted by Crippen LogP contribution is 2.35. The zero-order valence-electron chi connectivity index (χ0n) is 12.7. The van der Waals surface area contributed by atoms with Crippen LogP contribution in [0.15, 0.2) is 41.6 Å². The van der Waals surface area contributed by atoms with Crippen LogP contribution in [0.5, 0.6) is 0 Å². The molecule has 0 radical (unpaired) electrons. The Labute approximate surface area is 129 Å². The molecule has 22 heavy (non-hydrogen) atoms. The summed E-state index contributed by atoms with van der Waals surface area (Å²) in [7, 11) is 3.30. The number of carbonyl (C=O) groups excluding carboxylic acids is 2. The number of benzene rings is 1. The van der Waals surface area contributed by atoms with Crippen LogP contribution in [0.3, 0.4) is 0 Å². The molecule has 116 valence electrons. The molecule has 1 aromatic carbocycles. The van der Waals surface area contributed by atoms with Gasteiger partial charge in [0.25, 0.3) is 5.91 Å². The number of carbonyl (C=O) groups is 2. The Morgan fingerprint density at radius 1 is 1.27 bits per heavy atom. The maximum absolute atomic E-state index is 12.7. The molecule has 6 nitrogen and oxygen atoms in total. The number of urea groups is 1. The molecule has 2 aliphatic heterocycles. The zero-order valence-corrected chi connectivity index (χ0v) is 12.7. The third-order valence-electron chi connectivity index (χ3n) is 4.13. The van der Waals surface area contributed by atoms with Gasteiger partial charge in [0.05, 0.1) is 30.5 Å². The van der Waals surface area contributed by atoms with E-state index in [1.807, 2.05) is 30.3 Å². The number of hydrogen-bond donors (Lipinski definition) is 1. The summed E-state index contributed by atoms with van der Waals surface area (Å²) in [6, 6.07) is 8.99. The van der Waals surface area contributed by atoms with Crippen LogP contribution in [-0.2, 0) is 9.53 Å². The molecule has 0 bridgehead atoms. The summed E-state index contributed by atoms with van der Waals surface area (Å²) in [5.41, 5.74) is 2.35. The van der Waals surface area contributed by atoms with E-state index in [9.17, 15) is 9.59 Å². The molecule has 2 aliphatic rings. The number of rotatable bonds is 4. The van der Waals surface area contributed by atoms with Crippen molar-refractivity contribution in [1.29, 1.82) is 0 Å². The van der Waals surface area contributed by atoms with Gasteiger partial charge >= 0.3 is 6.03 Å². The number of nitrogens with zero attached hydrogens (tertiary/aromatic N) is 2. The van der Waals surface area contributed by atoms with Gasteiger partial charge in [-0.2, -0.15) is 0 Å². The maximum Gasteiger partial charge on any atom is 0.322 e. The smallest absolute Gasteiger partial charge is 0.322 e. The van der Waals surface area contributed by atoms with Crippen molar-refractivity contribution in [3.63, 3.8) is 0 Å². The Kier molecular flexibility index (Phi) is 3.85. The second-order valence-corrected chi connectivity index (χ2v) is 5.43. The van der Waals surface area contributed by atoms with Crippen molar-refractivity contribution in [3.8, 4) is 0 Å². The van der Waals surface area contributed by atoms with Gasteiger partial charge in [-0.3, -0.25) is 9.69 Å². The van der Waals surface area contributed by atoms with Gasteiger partial charge in [0.1, 0.15) is 0 Å². The zero-order chi connectivity index (χ0) is 15.7. The van der Waals surface area contributed by atoms with Gasteiger partial charge in [0.2, 0.25) is 0 Å². The first-order valence-electron chi connectivity index (χ1n) is 7.24. The average molecular weight is 301 g/mol. The van der Waals surface area contributed by atoms with Gasteiger partial charge in [-0.15, -0.1) is 0 Å². The minimum Gasteiger partial charge on any atom is -0.383 e. The summed E-state index contributed by atoms with van der Waals surface area (Å²) in [5.74, 6) is -0.0345. The minimum atomic E-state index is -0.389. The highest BCUT2D eigenvalue weighted by Gasteiger charge is 2.42. The van der Waals surface area contributed by atoms with E-state index >= 15 is 0 Å². The topological polar surface area (TPSA) is 61.9 Å². The van der Waals surface area contributed by atoms with Crippen molar-refractivity contribution in [2.24, 2.45) is 0 Å². The van der Waals surface area contributed by atoms with Crippen molar-refractivity contribution in [2.75, 3.05) is 33.9 Å². The van der Waals surface area contributed by atoms with E-state index in [1.54, 1.807) is 19.1 Å². The fourth-order valence-electron chi connectivity index (χ4n) is 2.90. The number of likely N-dealkylation sites (N-methyl/N-ethyl adjacent to an activating group) is 1. The predicted octanol–water partition coefficient (Wildman–Crippen LogP) is 1.13. The summed E-state index contributed by atoms with van der Waals surface area (Å²) in [6.45, 7) is 1.45. The van der Waals surface area contributed by atoms with Crippen LogP contribution < -0.4 is 5.32 Å². The molecule has 0 aromatic heterocycles. The summed E-state index contributed by atoms with van der Waals surface area (Å²) >= 11 is 0. The molecule has 1 aromatic rings. The van der Waals surface area contributed by atoms with Gasteiger partial charge in [-0.25, -0.2) is 4.79 Å². The molecule has 3 rings (SSSR count). The van der Waals surface area contributed by atoms with Gasteiger partial charge in [0, 0.05) is 20.7 Å². The molecule has 1 atom stereocenters. The third kappa shape index (κ3) is 2.35. The summed E-state index contributed by atoms with van der Waals surface area (Å²) < 4.78 is 5.06. The number of hydrogen-bond acceptors (Lipinski definition) is 3. The van der Waals surface area contributed by atoms with Crippen molar-refractivity contribution < 1.29 is 14.3 Å². The molecule has 1 N–H and O–H groups in total. The van der Waals surface area contributed by atoms with Gasteiger partial charge in [0.15, 0.2) is 0 Å². The Hall–Kier alpha value is -2.34. The fourth-order valence-corrected chi connectivity index (χ4v) is 2.90. The largest absolute Gasteiger partial charge is 0.383 e. The second-order valence-electron chi connectivity index (χ2n) is 5.43. The monoisotopic (exact) mass is 301 g/mol. The Morgan fingerprint density at radius 3 is 2.68 bits per heavy atom. The van der Waals surface area contributed by atoms with Crippen molar-refractivity contribution in [3.05, 3.63) is 47.2 Å².